The minimum atomic E-state index is 0.708. The highest BCUT2D eigenvalue weighted by atomic mass is 16.5. The van der Waals surface area contributed by atoms with Crippen LogP contribution in [-0.2, 0) is 6.54 Å². The predicted molar refractivity (Wildman–Crippen MR) is 79.6 cm³/mol. The van der Waals surface area contributed by atoms with Crippen molar-refractivity contribution in [2.45, 2.75) is 39.3 Å². The summed E-state index contributed by atoms with van der Waals surface area (Å²) in [5, 5.41) is 3.36. The topological polar surface area (TPSA) is 24.5 Å². The third-order valence-electron chi connectivity index (χ3n) is 3.54. The molecule has 1 saturated heterocycles. The fourth-order valence-electron chi connectivity index (χ4n) is 2.40. The van der Waals surface area contributed by atoms with E-state index in [-0.39, 0.29) is 0 Å². The average molecular weight is 262 g/mol. The normalized spacial score (nSPS) is 15.5. The molecule has 3 heteroatoms. The Kier molecular flexibility index (Phi) is 5.67. The van der Waals surface area contributed by atoms with Crippen LogP contribution in [0.2, 0.25) is 0 Å². The smallest absolute Gasteiger partial charge is 0.119 e. The van der Waals surface area contributed by atoms with Crippen molar-refractivity contribution in [1.82, 2.24) is 10.2 Å². The maximum Gasteiger partial charge on any atom is 0.119 e. The van der Waals surface area contributed by atoms with Crippen molar-refractivity contribution >= 4 is 0 Å². The van der Waals surface area contributed by atoms with Crippen molar-refractivity contribution < 1.29 is 4.74 Å². The second-order valence-electron chi connectivity index (χ2n) is 5.28. The Morgan fingerprint density at radius 2 is 2.11 bits per heavy atom. The predicted octanol–water partition coefficient (Wildman–Crippen LogP) is 2.66. The van der Waals surface area contributed by atoms with Crippen molar-refractivity contribution in [2.75, 3.05) is 26.2 Å². The zero-order valence-electron chi connectivity index (χ0n) is 12.2. The molecule has 3 nitrogen and oxygen atoms in total. The van der Waals surface area contributed by atoms with E-state index in [9.17, 15) is 0 Å². The quantitative estimate of drug-likeness (QED) is 0.779. The van der Waals surface area contributed by atoms with Gasteiger partial charge in [0.25, 0.3) is 0 Å². The average Bonchev–Trinajstić information content (AvgIpc) is 2.35. The van der Waals surface area contributed by atoms with E-state index < -0.39 is 0 Å². The summed E-state index contributed by atoms with van der Waals surface area (Å²) in [5.74, 6) is 1.00. The summed E-state index contributed by atoms with van der Waals surface area (Å²) in [4.78, 5) is 2.58. The van der Waals surface area contributed by atoms with Gasteiger partial charge >= 0.3 is 0 Å². The maximum absolute atomic E-state index is 5.71. The minimum Gasteiger partial charge on any atom is -0.494 e. The van der Waals surface area contributed by atoms with Crippen LogP contribution >= 0.6 is 0 Å². The van der Waals surface area contributed by atoms with E-state index in [2.05, 4.69) is 42.3 Å². The van der Waals surface area contributed by atoms with Crippen LogP contribution < -0.4 is 10.1 Å². The molecule has 0 spiro atoms. The third-order valence-corrected chi connectivity index (χ3v) is 3.54. The summed E-state index contributed by atoms with van der Waals surface area (Å²) in [6, 6.07) is 9.25. The molecule has 2 rings (SSSR count). The van der Waals surface area contributed by atoms with Gasteiger partial charge in [-0.2, -0.15) is 0 Å². The lowest BCUT2D eigenvalue weighted by molar-refractivity contribution is 0.137. The highest BCUT2D eigenvalue weighted by Gasteiger charge is 2.23. The molecule has 0 atom stereocenters. The molecular formula is C16H26N2O. The van der Waals surface area contributed by atoms with Crippen LogP contribution in [0.25, 0.3) is 0 Å². The lowest BCUT2D eigenvalue weighted by Crippen LogP contribution is -2.56. The van der Waals surface area contributed by atoms with Crippen molar-refractivity contribution in [3.05, 3.63) is 29.8 Å². The van der Waals surface area contributed by atoms with E-state index in [0.717, 1.165) is 38.4 Å². The third kappa shape index (κ3) is 4.22. The van der Waals surface area contributed by atoms with E-state index in [1.165, 1.54) is 18.5 Å². The van der Waals surface area contributed by atoms with Gasteiger partial charge in [-0.25, -0.2) is 0 Å². The van der Waals surface area contributed by atoms with Crippen molar-refractivity contribution in [2.24, 2.45) is 0 Å². The van der Waals surface area contributed by atoms with Crippen LogP contribution in [-0.4, -0.2) is 37.2 Å². The lowest BCUT2D eigenvalue weighted by atomic mass is 10.1. The van der Waals surface area contributed by atoms with Crippen LogP contribution in [0, 0.1) is 0 Å². The molecule has 0 bridgehead atoms. The van der Waals surface area contributed by atoms with E-state index in [0.29, 0.717) is 6.04 Å². The molecule has 0 radical (unpaired) electrons. The largest absolute Gasteiger partial charge is 0.494 e. The first-order valence-corrected chi connectivity index (χ1v) is 7.50. The molecule has 0 aromatic heterocycles. The van der Waals surface area contributed by atoms with Crippen LogP contribution in [0.3, 0.4) is 0 Å². The molecule has 1 aromatic rings. The molecule has 1 N–H and O–H groups in total. The summed E-state index contributed by atoms with van der Waals surface area (Å²) in [7, 11) is 0. The van der Waals surface area contributed by atoms with Crippen molar-refractivity contribution in [3.8, 4) is 5.75 Å². The van der Waals surface area contributed by atoms with Crippen molar-refractivity contribution in [1.29, 1.82) is 0 Å². The van der Waals surface area contributed by atoms with Gasteiger partial charge in [0.05, 0.1) is 6.61 Å². The van der Waals surface area contributed by atoms with E-state index in [4.69, 9.17) is 4.74 Å². The molecule has 0 aliphatic carbocycles. The Hall–Kier alpha value is -1.06. The highest BCUT2D eigenvalue weighted by molar-refractivity contribution is 5.28. The maximum atomic E-state index is 5.71. The summed E-state index contributed by atoms with van der Waals surface area (Å²) in [6.07, 6.45) is 2.27. The molecule has 0 amide bonds. The second kappa shape index (κ2) is 7.51. The Balaban J connectivity index is 1.95. The van der Waals surface area contributed by atoms with Gasteiger partial charge in [-0.3, -0.25) is 4.90 Å². The highest BCUT2D eigenvalue weighted by Crippen LogP contribution is 2.17. The number of rotatable bonds is 8. The number of hydrogen-bond acceptors (Lipinski definition) is 3. The molecule has 1 aliphatic rings. The number of nitrogens with one attached hydrogen (secondary N) is 1. The van der Waals surface area contributed by atoms with Crippen molar-refractivity contribution in [3.63, 3.8) is 0 Å². The van der Waals surface area contributed by atoms with Gasteiger partial charge in [0.1, 0.15) is 5.75 Å². The standard InChI is InChI=1S/C16H26N2O/c1-3-8-18(15-11-17-12-15)13-14-6-5-7-16(10-14)19-9-4-2/h5-7,10,15,17H,3-4,8-9,11-13H2,1-2H3. The number of nitrogens with zero attached hydrogens (tertiary/aromatic N) is 1. The van der Waals surface area contributed by atoms with Gasteiger partial charge in [0.15, 0.2) is 0 Å². The first-order valence-electron chi connectivity index (χ1n) is 7.50. The zero-order valence-corrected chi connectivity index (χ0v) is 12.2. The van der Waals surface area contributed by atoms with Crippen LogP contribution in [0.5, 0.6) is 5.75 Å². The molecule has 0 saturated carbocycles. The van der Waals surface area contributed by atoms with Gasteiger partial charge in [0.2, 0.25) is 0 Å². The molecule has 1 aliphatic heterocycles. The number of hydrogen-bond donors (Lipinski definition) is 1. The molecule has 1 fully saturated rings. The summed E-state index contributed by atoms with van der Waals surface area (Å²) in [6.45, 7) is 9.65. The zero-order chi connectivity index (χ0) is 13.5. The van der Waals surface area contributed by atoms with Gasteiger partial charge in [0, 0.05) is 25.7 Å². The molecule has 1 heterocycles. The Labute approximate surface area is 116 Å². The molecular weight excluding hydrogens is 236 g/mol. The molecule has 0 unspecified atom stereocenters. The van der Waals surface area contributed by atoms with Gasteiger partial charge in [-0.1, -0.05) is 26.0 Å². The molecule has 106 valence electrons. The number of benzene rings is 1. The first kappa shape index (κ1) is 14.4. The second-order valence-corrected chi connectivity index (χ2v) is 5.28. The van der Waals surface area contributed by atoms with Gasteiger partial charge < -0.3 is 10.1 Å². The minimum absolute atomic E-state index is 0.708. The molecule has 1 aromatic carbocycles. The summed E-state index contributed by atoms with van der Waals surface area (Å²) < 4.78 is 5.71. The van der Waals surface area contributed by atoms with E-state index in [1.807, 2.05) is 6.07 Å². The van der Waals surface area contributed by atoms with Crippen LogP contribution in [0.4, 0.5) is 0 Å². The van der Waals surface area contributed by atoms with Crippen LogP contribution in [0.1, 0.15) is 32.3 Å². The Morgan fingerprint density at radius 3 is 2.74 bits per heavy atom. The lowest BCUT2D eigenvalue weighted by Gasteiger charge is -2.38. The Bertz CT molecular complexity index is 377. The fraction of sp³-hybridized carbons (Fsp3) is 0.625. The Morgan fingerprint density at radius 1 is 1.26 bits per heavy atom. The fourth-order valence-corrected chi connectivity index (χ4v) is 2.40. The monoisotopic (exact) mass is 262 g/mol. The van der Waals surface area contributed by atoms with Gasteiger partial charge in [-0.05, 0) is 37.1 Å². The summed E-state index contributed by atoms with van der Waals surface area (Å²) in [5.41, 5.74) is 1.36. The summed E-state index contributed by atoms with van der Waals surface area (Å²) >= 11 is 0. The van der Waals surface area contributed by atoms with E-state index >= 15 is 0 Å². The molecule has 19 heavy (non-hydrogen) atoms. The SMILES string of the molecule is CCCOc1cccc(CN(CCC)C2CNC2)c1. The number of ether oxygens (including phenoxy) is 1. The van der Waals surface area contributed by atoms with Crippen LogP contribution in [0.15, 0.2) is 24.3 Å². The van der Waals surface area contributed by atoms with Gasteiger partial charge in [-0.15, -0.1) is 0 Å². The first-order chi connectivity index (χ1) is 9.33. The van der Waals surface area contributed by atoms with E-state index in [1.54, 1.807) is 0 Å².